The molecule has 0 unspecified atom stereocenters. The fourth-order valence-corrected chi connectivity index (χ4v) is 11.3. The Morgan fingerprint density at radius 2 is 0.639 bits per heavy atom. The zero-order valence-electron chi connectivity index (χ0n) is 44.3. The topological polar surface area (TPSA) is 192 Å². The van der Waals surface area contributed by atoms with Crippen LogP contribution in [0.1, 0.15) is 22.3 Å². The van der Waals surface area contributed by atoms with Gasteiger partial charge in [-0.25, -0.2) is 0 Å². The largest absolute Gasteiger partial charge is 0.508 e. The summed E-state index contributed by atoms with van der Waals surface area (Å²) in [5, 5.41) is 28.7. The van der Waals surface area contributed by atoms with Crippen LogP contribution >= 0.6 is 45.3 Å². The summed E-state index contributed by atoms with van der Waals surface area (Å²) in [4.78, 5) is 57.2. The number of aromatic amines is 4. The highest BCUT2D eigenvalue weighted by Crippen LogP contribution is 2.29. The van der Waals surface area contributed by atoms with Gasteiger partial charge in [-0.2, -0.15) is 0 Å². The lowest BCUT2D eigenvalue weighted by Crippen LogP contribution is -2.19. The van der Waals surface area contributed by atoms with Crippen molar-refractivity contribution >= 4 is 96.0 Å². The van der Waals surface area contributed by atoms with Gasteiger partial charge in [0.25, 0.3) is 22.2 Å². The summed E-state index contributed by atoms with van der Waals surface area (Å²) in [6.07, 6.45) is 7.40. The van der Waals surface area contributed by atoms with Gasteiger partial charge in [0.2, 0.25) is 0 Å². The molecule has 0 aliphatic carbocycles. The Hall–Kier alpha value is -10.2. The third-order valence-corrected chi connectivity index (χ3v) is 15.8. The maximum atomic E-state index is 11.7. The molecular weight excluding hydrogens is 1110 g/mol. The van der Waals surface area contributed by atoms with Crippen molar-refractivity contribution < 1.29 is 15.3 Å². The first-order valence-corrected chi connectivity index (χ1v) is 28.8. The molecule has 12 rings (SSSR count). The Bertz CT molecular complexity index is 4940. The van der Waals surface area contributed by atoms with Crippen molar-refractivity contribution in [2.24, 2.45) is 0 Å². The number of hydrogen-bond acceptors (Lipinski definition) is 11. The molecule has 0 spiro atoms. The van der Waals surface area contributed by atoms with E-state index in [1.54, 1.807) is 36.4 Å². The van der Waals surface area contributed by atoms with Crippen LogP contribution in [0.4, 0.5) is 0 Å². The zero-order valence-corrected chi connectivity index (χ0v) is 47.6. The molecule has 0 saturated carbocycles. The summed E-state index contributed by atoms with van der Waals surface area (Å²) in [6, 6.07) is 63.2. The number of hydrogen-bond donors (Lipinski definition) is 7. The number of thiazole rings is 4. The van der Waals surface area contributed by atoms with Gasteiger partial charge in [-0.15, -0.1) is 45.3 Å². The van der Waals surface area contributed by atoms with Gasteiger partial charge in [-0.1, -0.05) is 190 Å². The number of benzene rings is 8. The predicted octanol–water partition coefficient (Wildman–Crippen LogP) is 8.49. The van der Waals surface area contributed by atoms with Gasteiger partial charge >= 0.3 is 0 Å². The monoisotopic (exact) mass is 1160 g/mol. The molecule has 15 heteroatoms. The fraction of sp³-hybridized carbons (Fsp3) is 0. The lowest BCUT2D eigenvalue weighted by atomic mass is 10.0. The highest BCUT2D eigenvalue weighted by Gasteiger charge is 2.05. The molecule has 0 radical (unpaired) electrons. The SMILES string of the molecule is C=c1[nH]c(=O)/c(=C/c2ccc(-c3cccc(O)c3)cc2)s1.C=c1[nH]c(=O)/c(=C/c2ccc(-c3ccccc3)cc2)s1.C=c1[nH]c(=O)/c(=C/c2ccc(-c3ccccc3O)cc2)s1.C=c1[nH]c(=O)/c(=C/c2cccc(-c3ccc(O)cc3)c2)s1. The molecule has 0 bridgehead atoms. The molecule has 0 amide bonds. The van der Waals surface area contributed by atoms with Crippen LogP contribution in [0.15, 0.2) is 219 Å². The average molecular weight is 1170 g/mol. The first-order chi connectivity index (χ1) is 40.1. The molecule has 0 atom stereocenters. The fourth-order valence-electron chi connectivity index (χ4n) is 8.36. The number of phenols is 3. The third-order valence-electron chi connectivity index (χ3n) is 12.4. The lowest BCUT2D eigenvalue weighted by molar-refractivity contribution is 0.475. The molecule has 4 aromatic heterocycles. The Balaban J connectivity index is 0.000000133. The lowest BCUT2D eigenvalue weighted by Gasteiger charge is -2.04. The standard InChI is InChI=1S/3C17H13NO2S.C17H13NOS/c1-11-18-17(20)16(21-11)9-12-5-7-13(8-6-12)14-3-2-4-15(19)10-14;1-11-18-17(20)16(21-11)10-12-3-2-4-14(9-12)13-5-7-15(19)8-6-13;1-11-18-17(20)16(21-11)10-12-6-8-13(9-7-12)14-4-2-3-5-15(14)19;1-12-18-17(19)16(20-12)11-13-7-9-15(10-8-13)14-5-3-2-4-6-14/h3*2-10,19H,1H2,(H,18,20);2-11H,1H2,(H,18,19)/b16-9-;2*16-10-;16-11-. The van der Waals surface area contributed by atoms with Crippen molar-refractivity contribution in [1.29, 1.82) is 0 Å². The summed E-state index contributed by atoms with van der Waals surface area (Å²) in [7, 11) is 0. The van der Waals surface area contributed by atoms with Crippen LogP contribution in [-0.4, -0.2) is 35.3 Å². The smallest absolute Gasteiger partial charge is 0.266 e. The van der Waals surface area contributed by atoms with E-state index in [2.05, 4.69) is 70.5 Å². The third kappa shape index (κ3) is 15.8. The molecule has 12 aromatic rings. The zero-order chi connectivity index (χ0) is 58.4. The van der Waals surface area contributed by atoms with Gasteiger partial charge in [0, 0.05) is 5.56 Å². The number of aromatic hydroxyl groups is 3. The highest BCUT2D eigenvalue weighted by atomic mass is 32.1. The summed E-state index contributed by atoms with van der Waals surface area (Å²) < 4.78 is 5.24. The summed E-state index contributed by atoms with van der Waals surface area (Å²) in [6.45, 7) is 14.9. The van der Waals surface area contributed by atoms with Crippen LogP contribution in [0.3, 0.4) is 0 Å². The second kappa shape index (κ2) is 26.9. The second-order valence-electron chi connectivity index (χ2n) is 18.4. The quantitative estimate of drug-likeness (QED) is 0.0794. The van der Waals surface area contributed by atoms with Gasteiger partial charge in [0.1, 0.15) is 17.2 Å². The van der Waals surface area contributed by atoms with E-state index in [1.807, 2.05) is 164 Å². The maximum Gasteiger partial charge on any atom is 0.266 e. The Morgan fingerprint density at radius 1 is 0.301 bits per heavy atom. The maximum absolute atomic E-state index is 11.7. The summed E-state index contributed by atoms with van der Waals surface area (Å²) in [5.41, 5.74) is 11.5. The van der Waals surface area contributed by atoms with Crippen molar-refractivity contribution in [3.63, 3.8) is 0 Å². The number of H-pyrrole nitrogens is 4. The van der Waals surface area contributed by atoms with E-state index < -0.39 is 0 Å². The predicted molar refractivity (Wildman–Crippen MR) is 346 cm³/mol. The van der Waals surface area contributed by atoms with Crippen LogP contribution < -0.4 is 59.0 Å². The molecule has 4 heterocycles. The number of rotatable bonds is 8. The Labute approximate surface area is 490 Å². The van der Waals surface area contributed by atoms with E-state index in [0.717, 1.165) is 55.6 Å². The van der Waals surface area contributed by atoms with Gasteiger partial charge in [0.15, 0.2) is 0 Å². The van der Waals surface area contributed by atoms with Crippen LogP contribution in [0.25, 0.3) is 95.1 Å². The molecule has 0 fully saturated rings. The first-order valence-electron chi connectivity index (χ1n) is 25.5. The van der Waals surface area contributed by atoms with E-state index in [4.69, 9.17) is 0 Å². The van der Waals surface area contributed by atoms with Crippen molar-refractivity contribution in [3.05, 3.63) is 301 Å². The Kier molecular flexibility index (Phi) is 18.6. The van der Waals surface area contributed by atoms with E-state index >= 15 is 0 Å². The number of phenolic OH excluding ortho intramolecular Hbond substituents is 3. The van der Waals surface area contributed by atoms with E-state index in [9.17, 15) is 34.5 Å². The van der Waals surface area contributed by atoms with Gasteiger partial charge < -0.3 is 35.3 Å². The van der Waals surface area contributed by atoms with E-state index in [-0.39, 0.29) is 39.5 Å². The summed E-state index contributed by atoms with van der Waals surface area (Å²) >= 11 is 5.40. The number of nitrogens with one attached hydrogen (secondary N) is 4. The second-order valence-corrected chi connectivity index (χ2v) is 23.0. The molecular formula is C68H52N4O7S4. The highest BCUT2D eigenvalue weighted by molar-refractivity contribution is 7.08. The Morgan fingerprint density at radius 3 is 1.05 bits per heavy atom. The average Bonchev–Trinajstić information content (AvgIpc) is 4.22. The van der Waals surface area contributed by atoms with Crippen molar-refractivity contribution in [3.8, 4) is 61.8 Å². The van der Waals surface area contributed by atoms with E-state index in [0.29, 0.717) is 36.8 Å². The van der Waals surface area contributed by atoms with Crippen molar-refractivity contribution in [1.82, 2.24) is 19.9 Å². The normalized spacial score (nSPS) is 11.7. The molecule has 7 N–H and O–H groups in total. The molecule has 8 aromatic carbocycles. The minimum absolute atomic E-state index is 0.0767. The van der Waals surface area contributed by atoms with Crippen molar-refractivity contribution in [2.75, 3.05) is 0 Å². The molecule has 11 nitrogen and oxygen atoms in total. The minimum Gasteiger partial charge on any atom is -0.508 e. The van der Waals surface area contributed by atoms with Gasteiger partial charge in [-0.3, -0.25) is 19.2 Å². The molecule has 0 aliphatic heterocycles. The van der Waals surface area contributed by atoms with Crippen molar-refractivity contribution in [2.45, 2.75) is 0 Å². The van der Waals surface area contributed by atoms with E-state index in [1.165, 1.54) is 56.5 Å². The van der Waals surface area contributed by atoms with Crippen LogP contribution in [-0.2, 0) is 0 Å². The minimum atomic E-state index is -0.116. The van der Waals surface area contributed by atoms with Crippen LogP contribution in [0.2, 0.25) is 0 Å². The van der Waals surface area contributed by atoms with Gasteiger partial charge in [-0.05, 0) is 122 Å². The van der Waals surface area contributed by atoms with Gasteiger partial charge in [0.05, 0.1) is 36.8 Å². The summed E-state index contributed by atoms with van der Waals surface area (Å²) in [5.74, 6) is 0.747. The molecule has 0 saturated heterocycles. The first kappa shape index (κ1) is 57.5. The van der Waals surface area contributed by atoms with Crippen LogP contribution in [0, 0.1) is 0 Å². The number of aromatic nitrogens is 4. The van der Waals surface area contributed by atoms with Crippen LogP contribution in [0.5, 0.6) is 17.2 Å². The molecule has 0 aliphatic rings. The molecule has 83 heavy (non-hydrogen) atoms. The number of para-hydroxylation sites is 1. The molecule has 410 valence electrons.